The average molecular weight is 374 g/mol. The second kappa shape index (κ2) is 7.92. The van der Waals surface area contributed by atoms with Crippen LogP contribution in [0.1, 0.15) is 43.1 Å². The third-order valence-corrected chi connectivity index (χ3v) is 6.53. The number of aromatic nitrogens is 2. The van der Waals surface area contributed by atoms with Crippen LogP contribution in [0, 0.1) is 0 Å². The van der Waals surface area contributed by atoms with E-state index in [9.17, 15) is 13.2 Å². The summed E-state index contributed by atoms with van der Waals surface area (Å²) >= 11 is 0. The van der Waals surface area contributed by atoms with Crippen LogP contribution in [0.5, 0.6) is 0 Å². The van der Waals surface area contributed by atoms with Crippen molar-refractivity contribution in [3.63, 3.8) is 0 Å². The standard InChI is InChI=1S/C18H22N4O3S/c1-2-15-5-3-4-12-22(15)26(24,25)16-8-6-14(7-9-16)21-18(23)17-13-19-10-11-20-17/h6-11,13,15H,2-5,12H2,1H3,(H,21,23). The van der Waals surface area contributed by atoms with Crippen molar-refractivity contribution in [2.45, 2.75) is 43.5 Å². The van der Waals surface area contributed by atoms with Crippen LogP contribution < -0.4 is 5.32 Å². The largest absolute Gasteiger partial charge is 0.321 e. The van der Waals surface area contributed by atoms with Gasteiger partial charge in [-0.25, -0.2) is 13.4 Å². The average Bonchev–Trinajstić information content (AvgIpc) is 2.69. The van der Waals surface area contributed by atoms with Gasteiger partial charge in [0.25, 0.3) is 5.91 Å². The third-order valence-electron chi connectivity index (χ3n) is 4.56. The molecule has 26 heavy (non-hydrogen) atoms. The van der Waals surface area contributed by atoms with Gasteiger partial charge in [0.05, 0.1) is 11.1 Å². The highest BCUT2D eigenvalue weighted by Crippen LogP contribution is 2.27. The molecule has 1 saturated heterocycles. The number of nitrogens with zero attached hydrogens (tertiary/aromatic N) is 3. The Bertz CT molecular complexity index is 854. The third kappa shape index (κ3) is 3.91. The number of carbonyl (C=O) groups excluding carboxylic acids is 1. The lowest BCUT2D eigenvalue weighted by atomic mass is 10.0. The van der Waals surface area contributed by atoms with Crippen LogP contribution in [0.2, 0.25) is 0 Å². The lowest BCUT2D eigenvalue weighted by molar-refractivity contribution is 0.102. The molecule has 0 saturated carbocycles. The number of anilines is 1. The Morgan fingerprint density at radius 1 is 1.23 bits per heavy atom. The van der Waals surface area contributed by atoms with Crippen molar-refractivity contribution in [3.8, 4) is 0 Å². The molecule has 1 aliphatic heterocycles. The van der Waals surface area contributed by atoms with Crippen LogP contribution in [0.15, 0.2) is 47.8 Å². The number of hydrogen-bond acceptors (Lipinski definition) is 5. The van der Waals surface area contributed by atoms with Gasteiger partial charge >= 0.3 is 0 Å². The van der Waals surface area contributed by atoms with E-state index in [0.717, 1.165) is 25.7 Å². The van der Waals surface area contributed by atoms with E-state index in [1.807, 2.05) is 6.92 Å². The van der Waals surface area contributed by atoms with E-state index in [2.05, 4.69) is 15.3 Å². The van der Waals surface area contributed by atoms with Gasteiger partial charge in [-0.05, 0) is 43.5 Å². The molecule has 1 aromatic heterocycles. The summed E-state index contributed by atoms with van der Waals surface area (Å²) in [6, 6.07) is 6.30. The number of hydrogen-bond donors (Lipinski definition) is 1. The highest BCUT2D eigenvalue weighted by atomic mass is 32.2. The van der Waals surface area contributed by atoms with Gasteiger partial charge in [0, 0.05) is 30.7 Å². The van der Waals surface area contributed by atoms with Gasteiger partial charge in [-0.2, -0.15) is 4.31 Å². The van der Waals surface area contributed by atoms with Crippen LogP contribution in [0.4, 0.5) is 5.69 Å². The molecule has 0 aliphatic carbocycles. The van der Waals surface area contributed by atoms with Crippen molar-refractivity contribution in [3.05, 3.63) is 48.5 Å². The van der Waals surface area contributed by atoms with Crippen molar-refractivity contribution in [2.24, 2.45) is 0 Å². The Morgan fingerprint density at radius 3 is 2.65 bits per heavy atom. The quantitative estimate of drug-likeness (QED) is 0.869. The molecule has 1 amide bonds. The second-order valence-electron chi connectivity index (χ2n) is 6.24. The minimum Gasteiger partial charge on any atom is -0.321 e. The highest BCUT2D eigenvalue weighted by molar-refractivity contribution is 7.89. The first-order valence-electron chi connectivity index (χ1n) is 8.71. The van der Waals surface area contributed by atoms with Crippen molar-refractivity contribution in [1.29, 1.82) is 0 Å². The fourth-order valence-corrected chi connectivity index (χ4v) is 4.92. The maximum atomic E-state index is 12.9. The molecule has 7 nitrogen and oxygen atoms in total. The van der Waals surface area contributed by atoms with E-state index >= 15 is 0 Å². The molecular weight excluding hydrogens is 352 g/mol. The zero-order valence-corrected chi connectivity index (χ0v) is 15.4. The Morgan fingerprint density at radius 2 is 2.00 bits per heavy atom. The lowest BCUT2D eigenvalue weighted by Crippen LogP contribution is -2.43. The SMILES string of the molecule is CCC1CCCCN1S(=O)(=O)c1ccc(NC(=O)c2cnccn2)cc1. The normalized spacial score (nSPS) is 18.4. The molecule has 1 atom stereocenters. The molecule has 1 unspecified atom stereocenters. The fourth-order valence-electron chi connectivity index (χ4n) is 3.16. The number of amides is 1. The molecule has 1 fully saturated rings. The summed E-state index contributed by atoms with van der Waals surface area (Å²) in [5.74, 6) is -0.393. The molecule has 1 aromatic carbocycles. The molecule has 3 rings (SSSR count). The summed E-state index contributed by atoms with van der Waals surface area (Å²) in [5.41, 5.74) is 0.702. The second-order valence-corrected chi connectivity index (χ2v) is 8.13. The monoisotopic (exact) mass is 374 g/mol. The van der Waals surface area contributed by atoms with Gasteiger partial charge in [-0.1, -0.05) is 13.3 Å². The minimum absolute atomic E-state index is 0.0600. The molecule has 0 bridgehead atoms. The van der Waals surface area contributed by atoms with E-state index < -0.39 is 15.9 Å². The summed E-state index contributed by atoms with van der Waals surface area (Å²) < 4.78 is 27.5. The van der Waals surface area contributed by atoms with E-state index in [1.54, 1.807) is 16.4 Å². The molecule has 1 aliphatic rings. The molecule has 1 N–H and O–H groups in total. The van der Waals surface area contributed by atoms with Gasteiger partial charge in [-0.15, -0.1) is 0 Å². The Labute approximate surface area is 153 Å². The van der Waals surface area contributed by atoms with E-state index in [1.165, 1.54) is 30.7 Å². The van der Waals surface area contributed by atoms with Gasteiger partial charge in [0.1, 0.15) is 5.69 Å². The van der Waals surface area contributed by atoms with Gasteiger partial charge in [-0.3, -0.25) is 9.78 Å². The first-order chi connectivity index (χ1) is 12.5. The smallest absolute Gasteiger partial charge is 0.275 e. The number of piperidine rings is 1. The lowest BCUT2D eigenvalue weighted by Gasteiger charge is -2.34. The molecule has 2 heterocycles. The van der Waals surface area contributed by atoms with E-state index in [0.29, 0.717) is 12.2 Å². The summed E-state index contributed by atoms with van der Waals surface area (Å²) in [6.45, 7) is 2.58. The fraction of sp³-hybridized carbons (Fsp3) is 0.389. The Kier molecular flexibility index (Phi) is 5.63. The molecule has 0 radical (unpaired) electrons. The Hall–Kier alpha value is -2.32. The van der Waals surface area contributed by atoms with Crippen molar-refractivity contribution in [1.82, 2.24) is 14.3 Å². The summed E-state index contributed by atoms with van der Waals surface area (Å²) in [6.07, 6.45) is 7.97. The number of carbonyl (C=O) groups is 1. The summed E-state index contributed by atoms with van der Waals surface area (Å²) in [7, 11) is -3.52. The van der Waals surface area contributed by atoms with E-state index in [4.69, 9.17) is 0 Å². The van der Waals surface area contributed by atoms with Gasteiger partial charge in [0.15, 0.2) is 0 Å². The van der Waals surface area contributed by atoms with Crippen molar-refractivity contribution in [2.75, 3.05) is 11.9 Å². The van der Waals surface area contributed by atoms with Crippen molar-refractivity contribution < 1.29 is 13.2 Å². The number of nitrogens with one attached hydrogen (secondary N) is 1. The number of benzene rings is 1. The molecular formula is C18H22N4O3S. The molecule has 2 aromatic rings. The zero-order chi connectivity index (χ0) is 18.6. The molecule has 0 spiro atoms. The highest BCUT2D eigenvalue weighted by Gasteiger charge is 2.32. The summed E-state index contributed by atoms with van der Waals surface area (Å²) in [4.78, 5) is 20.1. The molecule has 138 valence electrons. The Balaban J connectivity index is 1.75. The molecule has 8 heteroatoms. The predicted octanol–water partition coefficient (Wildman–Crippen LogP) is 2.68. The maximum Gasteiger partial charge on any atom is 0.275 e. The van der Waals surface area contributed by atoms with Crippen LogP contribution in [-0.4, -0.2) is 41.2 Å². The van der Waals surface area contributed by atoms with Crippen LogP contribution >= 0.6 is 0 Å². The maximum absolute atomic E-state index is 12.9. The van der Waals surface area contributed by atoms with E-state index in [-0.39, 0.29) is 16.6 Å². The summed E-state index contributed by atoms with van der Waals surface area (Å²) in [5, 5.41) is 2.69. The minimum atomic E-state index is -3.52. The number of rotatable bonds is 5. The first kappa shape index (κ1) is 18.5. The van der Waals surface area contributed by atoms with Crippen LogP contribution in [0.25, 0.3) is 0 Å². The predicted molar refractivity (Wildman–Crippen MR) is 98.2 cm³/mol. The topological polar surface area (TPSA) is 92.3 Å². The van der Waals surface area contributed by atoms with Crippen molar-refractivity contribution >= 4 is 21.6 Å². The first-order valence-corrected chi connectivity index (χ1v) is 10.2. The van der Waals surface area contributed by atoms with Crippen LogP contribution in [0.3, 0.4) is 0 Å². The zero-order valence-electron chi connectivity index (χ0n) is 14.6. The number of sulfonamides is 1. The van der Waals surface area contributed by atoms with Gasteiger partial charge in [0.2, 0.25) is 10.0 Å². The van der Waals surface area contributed by atoms with Crippen LogP contribution in [-0.2, 0) is 10.0 Å². The van der Waals surface area contributed by atoms with Gasteiger partial charge < -0.3 is 5.32 Å².